The molecule has 0 radical (unpaired) electrons. The van der Waals surface area contributed by atoms with E-state index in [1.807, 2.05) is 49.5 Å². The zero-order valence-electron chi connectivity index (χ0n) is 15.5. The lowest BCUT2D eigenvalue weighted by Gasteiger charge is -2.24. The van der Waals surface area contributed by atoms with Gasteiger partial charge < -0.3 is 11.1 Å². The molecule has 1 heterocycles. The van der Waals surface area contributed by atoms with E-state index in [0.717, 1.165) is 11.1 Å². The number of rotatable bonds is 7. The Morgan fingerprint density at radius 1 is 1.04 bits per heavy atom. The number of benzene rings is 1. The average Bonchev–Trinajstić information content (AvgIpc) is 2.61. The molecule has 0 aliphatic rings. The molecule has 144 valence electrons. The van der Waals surface area contributed by atoms with Crippen molar-refractivity contribution in [2.24, 2.45) is 17.6 Å². The van der Waals surface area contributed by atoms with Gasteiger partial charge in [-0.25, -0.2) is 0 Å². The van der Waals surface area contributed by atoms with E-state index in [2.05, 4.69) is 30.2 Å². The van der Waals surface area contributed by atoms with Crippen LogP contribution in [0.4, 0.5) is 0 Å². The van der Waals surface area contributed by atoms with E-state index in [-0.39, 0.29) is 48.6 Å². The molecule has 1 amide bonds. The molecule has 26 heavy (non-hydrogen) atoms. The highest BCUT2D eigenvalue weighted by Gasteiger charge is 2.24. The molecule has 6 heteroatoms. The third-order valence-electron chi connectivity index (χ3n) is 4.55. The number of halogens is 2. The monoisotopic (exact) mass is 397 g/mol. The van der Waals surface area contributed by atoms with Gasteiger partial charge in [0.25, 0.3) is 0 Å². The van der Waals surface area contributed by atoms with E-state index >= 15 is 0 Å². The topological polar surface area (TPSA) is 68.0 Å². The number of aromatic nitrogens is 1. The predicted octanol–water partition coefficient (Wildman–Crippen LogP) is 4.12. The van der Waals surface area contributed by atoms with Gasteiger partial charge in [0.1, 0.15) is 0 Å². The Bertz CT molecular complexity index is 638. The highest BCUT2D eigenvalue weighted by molar-refractivity contribution is 5.85. The van der Waals surface area contributed by atoms with Crippen LogP contribution >= 0.6 is 24.8 Å². The Labute approximate surface area is 168 Å². The quantitative estimate of drug-likeness (QED) is 0.737. The van der Waals surface area contributed by atoms with Gasteiger partial charge in [0.15, 0.2) is 0 Å². The molecular formula is C20H29Cl2N3O. The summed E-state index contributed by atoms with van der Waals surface area (Å²) in [5.74, 6) is 0.352. The van der Waals surface area contributed by atoms with Crippen molar-refractivity contribution in [2.45, 2.75) is 32.7 Å². The molecule has 2 rings (SSSR count). The van der Waals surface area contributed by atoms with Crippen molar-refractivity contribution in [1.82, 2.24) is 10.3 Å². The number of nitrogens with two attached hydrogens (primary N) is 1. The van der Waals surface area contributed by atoms with E-state index in [1.165, 1.54) is 0 Å². The first kappa shape index (κ1) is 24.4. The Hall–Kier alpha value is -1.62. The SMILES string of the molecule is CC(C)C(CNC(=O)C(C)C(N)c1ccccc1)c1cccnc1.Cl.Cl. The maximum Gasteiger partial charge on any atom is 0.224 e. The van der Waals surface area contributed by atoms with Crippen molar-refractivity contribution >= 4 is 30.7 Å². The number of amides is 1. The first-order valence-corrected chi connectivity index (χ1v) is 8.49. The van der Waals surface area contributed by atoms with Gasteiger partial charge in [0, 0.05) is 30.9 Å². The lowest BCUT2D eigenvalue weighted by Crippen LogP contribution is -2.38. The molecule has 3 unspecified atom stereocenters. The van der Waals surface area contributed by atoms with Gasteiger partial charge >= 0.3 is 0 Å². The standard InChI is InChI=1S/C20H27N3O.2ClH/c1-14(2)18(17-10-7-11-22-12-17)13-23-20(24)15(3)19(21)16-8-5-4-6-9-16;;/h4-12,14-15,18-19H,13,21H2,1-3H3,(H,23,24);2*1H. The Morgan fingerprint density at radius 2 is 1.65 bits per heavy atom. The summed E-state index contributed by atoms with van der Waals surface area (Å²) in [5, 5.41) is 3.07. The molecule has 2 aromatic rings. The predicted molar refractivity (Wildman–Crippen MR) is 112 cm³/mol. The number of carbonyl (C=O) groups excluding carboxylic acids is 1. The Morgan fingerprint density at radius 3 is 2.19 bits per heavy atom. The van der Waals surface area contributed by atoms with Crippen molar-refractivity contribution in [3.05, 3.63) is 66.0 Å². The minimum Gasteiger partial charge on any atom is -0.355 e. The van der Waals surface area contributed by atoms with Gasteiger partial charge in [-0.2, -0.15) is 0 Å². The molecule has 0 saturated carbocycles. The van der Waals surface area contributed by atoms with Crippen LogP contribution in [0.1, 0.15) is 43.9 Å². The second-order valence-electron chi connectivity index (χ2n) is 6.61. The largest absolute Gasteiger partial charge is 0.355 e. The lowest BCUT2D eigenvalue weighted by molar-refractivity contribution is -0.125. The number of hydrogen-bond donors (Lipinski definition) is 2. The van der Waals surface area contributed by atoms with Crippen LogP contribution in [-0.4, -0.2) is 17.4 Å². The average molecular weight is 398 g/mol. The summed E-state index contributed by atoms with van der Waals surface area (Å²) in [6.07, 6.45) is 3.64. The zero-order chi connectivity index (χ0) is 17.5. The fourth-order valence-corrected chi connectivity index (χ4v) is 2.83. The van der Waals surface area contributed by atoms with Crippen LogP contribution in [-0.2, 0) is 4.79 Å². The molecule has 3 atom stereocenters. The molecule has 0 spiro atoms. The van der Waals surface area contributed by atoms with Crippen LogP contribution in [0.3, 0.4) is 0 Å². The van der Waals surface area contributed by atoms with Crippen molar-refractivity contribution in [1.29, 1.82) is 0 Å². The van der Waals surface area contributed by atoms with E-state index in [9.17, 15) is 4.79 Å². The van der Waals surface area contributed by atoms with Crippen LogP contribution in [0, 0.1) is 11.8 Å². The van der Waals surface area contributed by atoms with Gasteiger partial charge in [0.2, 0.25) is 5.91 Å². The van der Waals surface area contributed by atoms with Gasteiger partial charge in [-0.1, -0.05) is 57.2 Å². The minimum absolute atomic E-state index is 0. The summed E-state index contributed by atoms with van der Waals surface area (Å²) >= 11 is 0. The van der Waals surface area contributed by atoms with Gasteiger partial charge in [-0.05, 0) is 23.1 Å². The van der Waals surface area contributed by atoms with E-state index < -0.39 is 0 Å². The third kappa shape index (κ3) is 6.60. The second kappa shape index (κ2) is 11.9. The fourth-order valence-electron chi connectivity index (χ4n) is 2.83. The molecule has 0 fully saturated rings. The maximum absolute atomic E-state index is 12.5. The molecule has 0 saturated heterocycles. The van der Waals surface area contributed by atoms with Crippen LogP contribution in [0.15, 0.2) is 54.9 Å². The van der Waals surface area contributed by atoms with Gasteiger partial charge in [-0.15, -0.1) is 24.8 Å². The third-order valence-corrected chi connectivity index (χ3v) is 4.55. The molecule has 1 aromatic heterocycles. The fraction of sp³-hybridized carbons (Fsp3) is 0.400. The number of nitrogens with zero attached hydrogens (tertiary/aromatic N) is 1. The van der Waals surface area contributed by atoms with Gasteiger partial charge in [-0.3, -0.25) is 9.78 Å². The lowest BCUT2D eigenvalue weighted by atomic mass is 9.89. The summed E-state index contributed by atoms with van der Waals surface area (Å²) in [5.41, 5.74) is 8.37. The number of pyridine rings is 1. The van der Waals surface area contributed by atoms with Crippen LogP contribution in [0.25, 0.3) is 0 Å². The first-order valence-electron chi connectivity index (χ1n) is 8.49. The smallest absolute Gasteiger partial charge is 0.224 e. The summed E-state index contributed by atoms with van der Waals surface area (Å²) in [6, 6.07) is 13.4. The van der Waals surface area contributed by atoms with Gasteiger partial charge in [0.05, 0.1) is 5.92 Å². The normalized spacial score (nSPS) is 13.7. The van der Waals surface area contributed by atoms with Crippen molar-refractivity contribution in [3.63, 3.8) is 0 Å². The minimum atomic E-state index is -0.304. The number of carbonyl (C=O) groups is 1. The molecule has 0 aliphatic carbocycles. The van der Waals surface area contributed by atoms with Crippen molar-refractivity contribution < 1.29 is 4.79 Å². The number of nitrogens with one attached hydrogen (secondary N) is 1. The molecule has 0 bridgehead atoms. The second-order valence-corrected chi connectivity index (χ2v) is 6.61. The van der Waals surface area contributed by atoms with Crippen LogP contribution < -0.4 is 11.1 Å². The highest BCUT2D eigenvalue weighted by Crippen LogP contribution is 2.24. The molecule has 1 aromatic carbocycles. The first-order chi connectivity index (χ1) is 11.5. The van der Waals surface area contributed by atoms with Crippen LogP contribution in [0.5, 0.6) is 0 Å². The van der Waals surface area contributed by atoms with Crippen molar-refractivity contribution in [2.75, 3.05) is 6.54 Å². The van der Waals surface area contributed by atoms with E-state index in [4.69, 9.17) is 5.73 Å². The summed E-state index contributed by atoms with van der Waals surface area (Å²) < 4.78 is 0. The highest BCUT2D eigenvalue weighted by atomic mass is 35.5. The Balaban J connectivity index is 0.00000312. The van der Waals surface area contributed by atoms with Crippen LogP contribution in [0.2, 0.25) is 0 Å². The van der Waals surface area contributed by atoms with E-state index in [1.54, 1.807) is 6.20 Å². The summed E-state index contributed by atoms with van der Waals surface area (Å²) in [6.45, 7) is 6.78. The zero-order valence-corrected chi connectivity index (χ0v) is 17.1. The molecule has 3 N–H and O–H groups in total. The number of hydrogen-bond acceptors (Lipinski definition) is 3. The molecule has 0 aliphatic heterocycles. The summed E-state index contributed by atoms with van der Waals surface area (Å²) in [4.78, 5) is 16.7. The molecular weight excluding hydrogens is 369 g/mol. The maximum atomic E-state index is 12.5. The summed E-state index contributed by atoms with van der Waals surface area (Å²) in [7, 11) is 0. The Kier molecular flexibility index (Phi) is 11.2. The van der Waals surface area contributed by atoms with E-state index in [0.29, 0.717) is 12.5 Å². The molecule has 4 nitrogen and oxygen atoms in total. The van der Waals surface area contributed by atoms with Crippen molar-refractivity contribution in [3.8, 4) is 0 Å².